The van der Waals surface area contributed by atoms with Crippen molar-refractivity contribution in [3.63, 3.8) is 0 Å². The van der Waals surface area contributed by atoms with Crippen LogP contribution in [-0.4, -0.2) is 21.6 Å². The van der Waals surface area contributed by atoms with Gasteiger partial charge < -0.3 is 4.84 Å². The van der Waals surface area contributed by atoms with Crippen molar-refractivity contribution in [1.82, 2.24) is 15.0 Å². The molecule has 0 spiro atoms. The van der Waals surface area contributed by atoms with Crippen molar-refractivity contribution in [2.45, 2.75) is 6.42 Å². The first kappa shape index (κ1) is 9.97. The van der Waals surface area contributed by atoms with E-state index in [1.165, 1.54) is 24.8 Å². The molecule has 0 aliphatic carbocycles. The van der Waals surface area contributed by atoms with Gasteiger partial charge in [0.1, 0.15) is 6.33 Å². The van der Waals surface area contributed by atoms with Crippen LogP contribution in [0, 0.1) is 0 Å². The molecule has 6 nitrogen and oxygen atoms in total. The summed E-state index contributed by atoms with van der Waals surface area (Å²) in [4.78, 5) is 30.0. The Labute approximate surface area is 80.1 Å². The van der Waals surface area contributed by atoms with Crippen LogP contribution in [-0.2, 0) is 9.63 Å². The van der Waals surface area contributed by atoms with Crippen LogP contribution in [0.15, 0.2) is 31.4 Å². The first-order chi connectivity index (χ1) is 6.74. The summed E-state index contributed by atoms with van der Waals surface area (Å²) in [6, 6.07) is -0.583. The zero-order chi connectivity index (χ0) is 10.4. The fourth-order valence-corrected chi connectivity index (χ4v) is 0.692. The number of nitrogens with one attached hydrogen (secondary N) is 1. The number of carbonyl (C=O) groups excluding carboxylic acids is 2. The molecule has 74 valence electrons. The quantitative estimate of drug-likeness (QED) is 0.550. The fourth-order valence-electron chi connectivity index (χ4n) is 0.692. The predicted molar refractivity (Wildman–Crippen MR) is 47.1 cm³/mol. The van der Waals surface area contributed by atoms with Crippen molar-refractivity contribution in [2.75, 3.05) is 0 Å². The van der Waals surface area contributed by atoms with Crippen molar-refractivity contribution in [1.29, 1.82) is 0 Å². The van der Waals surface area contributed by atoms with E-state index < -0.39 is 12.0 Å². The Bertz CT molecular complexity index is 332. The Morgan fingerprint density at radius 1 is 1.64 bits per heavy atom. The Kier molecular flexibility index (Phi) is 3.42. The third-order valence-electron chi connectivity index (χ3n) is 1.30. The molecule has 1 N–H and O–H groups in total. The molecule has 0 bridgehead atoms. The van der Waals surface area contributed by atoms with Crippen LogP contribution in [0.5, 0.6) is 0 Å². The van der Waals surface area contributed by atoms with Gasteiger partial charge in [-0.2, -0.15) is 5.48 Å². The Hall–Kier alpha value is -2.11. The zero-order valence-corrected chi connectivity index (χ0v) is 7.34. The van der Waals surface area contributed by atoms with Crippen molar-refractivity contribution in [3.8, 4) is 0 Å². The van der Waals surface area contributed by atoms with Crippen molar-refractivity contribution >= 4 is 12.0 Å². The van der Waals surface area contributed by atoms with Crippen LogP contribution >= 0.6 is 0 Å². The summed E-state index contributed by atoms with van der Waals surface area (Å²) in [5, 5.41) is 0. The van der Waals surface area contributed by atoms with Gasteiger partial charge in [0, 0.05) is 12.4 Å². The van der Waals surface area contributed by atoms with Crippen LogP contribution in [0.4, 0.5) is 4.79 Å². The van der Waals surface area contributed by atoms with E-state index in [0.29, 0.717) is 0 Å². The summed E-state index contributed by atoms with van der Waals surface area (Å²) >= 11 is 0. The van der Waals surface area contributed by atoms with E-state index in [-0.39, 0.29) is 6.42 Å². The lowest BCUT2D eigenvalue weighted by Crippen LogP contribution is -2.30. The summed E-state index contributed by atoms with van der Waals surface area (Å²) in [5.41, 5.74) is 1.96. The number of hydroxylamine groups is 1. The molecule has 0 saturated carbocycles. The highest BCUT2D eigenvalue weighted by Gasteiger charge is 2.05. The predicted octanol–water partition coefficient (Wildman–Crippen LogP) is 0.475. The summed E-state index contributed by atoms with van der Waals surface area (Å²) in [5.74, 6) is -0.575. The van der Waals surface area contributed by atoms with Crippen LogP contribution in [0.3, 0.4) is 0 Å². The molecule has 1 amide bonds. The van der Waals surface area contributed by atoms with Crippen molar-refractivity contribution in [3.05, 3.63) is 31.4 Å². The number of carbonyl (C=O) groups is 2. The lowest BCUT2D eigenvalue weighted by atomic mass is 10.4. The topological polar surface area (TPSA) is 73.2 Å². The van der Waals surface area contributed by atoms with Crippen LogP contribution < -0.4 is 5.48 Å². The lowest BCUT2D eigenvalue weighted by Gasteiger charge is -2.03. The van der Waals surface area contributed by atoms with Gasteiger partial charge in [-0.15, -0.1) is 6.58 Å². The third-order valence-corrected chi connectivity index (χ3v) is 1.30. The van der Waals surface area contributed by atoms with Crippen molar-refractivity contribution in [2.24, 2.45) is 0 Å². The second-order valence-electron chi connectivity index (χ2n) is 2.34. The number of hydrogen-bond acceptors (Lipinski definition) is 4. The van der Waals surface area contributed by atoms with Gasteiger partial charge in [0.2, 0.25) is 0 Å². The number of rotatable bonds is 2. The van der Waals surface area contributed by atoms with Gasteiger partial charge in [-0.1, -0.05) is 6.08 Å². The molecule has 14 heavy (non-hydrogen) atoms. The largest absolute Gasteiger partial charge is 0.360 e. The minimum atomic E-state index is -0.583. The maximum absolute atomic E-state index is 11.1. The van der Waals surface area contributed by atoms with Gasteiger partial charge in [-0.3, -0.25) is 4.57 Å². The molecule has 1 aromatic heterocycles. The van der Waals surface area contributed by atoms with Gasteiger partial charge in [-0.05, 0) is 0 Å². The van der Waals surface area contributed by atoms with E-state index >= 15 is 0 Å². The SMILES string of the molecule is C=CCC(=O)ONC(=O)n1ccnc1. The molecular weight excluding hydrogens is 186 g/mol. The first-order valence-corrected chi connectivity index (χ1v) is 3.83. The highest BCUT2D eigenvalue weighted by Crippen LogP contribution is 1.87. The monoisotopic (exact) mass is 195 g/mol. The maximum Gasteiger partial charge on any atom is 0.360 e. The van der Waals surface area contributed by atoms with Crippen LogP contribution in [0.2, 0.25) is 0 Å². The molecule has 0 atom stereocenters. The van der Waals surface area contributed by atoms with Crippen LogP contribution in [0.1, 0.15) is 6.42 Å². The molecule has 0 aliphatic heterocycles. The normalized spacial score (nSPS) is 9.14. The number of imidazole rings is 1. The summed E-state index contributed by atoms with van der Waals surface area (Å²) < 4.78 is 1.14. The van der Waals surface area contributed by atoms with Crippen LogP contribution in [0.25, 0.3) is 0 Å². The number of aromatic nitrogens is 2. The average Bonchev–Trinajstić information content (AvgIpc) is 2.67. The standard InChI is InChI=1S/C8H9N3O3/c1-2-3-7(12)14-10-8(13)11-5-4-9-6-11/h2,4-6H,1,3H2,(H,10,13). The minimum absolute atomic E-state index is 0.0458. The minimum Gasteiger partial charge on any atom is -0.339 e. The number of hydrogen-bond donors (Lipinski definition) is 1. The number of nitrogens with zero attached hydrogens (tertiary/aromatic N) is 2. The molecule has 1 heterocycles. The van der Waals surface area contributed by atoms with E-state index in [0.717, 1.165) is 4.57 Å². The average molecular weight is 195 g/mol. The Morgan fingerprint density at radius 2 is 2.43 bits per heavy atom. The lowest BCUT2D eigenvalue weighted by molar-refractivity contribution is -0.147. The maximum atomic E-state index is 11.1. The Balaban J connectivity index is 2.36. The zero-order valence-electron chi connectivity index (χ0n) is 7.34. The van der Waals surface area contributed by atoms with E-state index in [1.54, 1.807) is 0 Å². The Morgan fingerprint density at radius 3 is 3.00 bits per heavy atom. The summed E-state index contributed by atoms with van der Waals surface area (Å²) in [6.07, 6.45) is 5.58. The molecule has 6 heteroatoms. The van der Waals surface area contributed by atoms with Gasteiger partial charge in [0.25, 0.3) is 0 Å². The molecule has 0 aliphatic rings. The van der Waals surface area contributed by atoms with Gasteiger partial charge >= 0.3 is 12.0 Å². The smallest absolute Gasteiger partial charge is 0.339 e. The second kappa shape index (κ2) is 4.80. The fraction of sp³-hybridized carbons (Fsp3) is 0.125. The molecular formula is C8H9N3O3. The molecule has 0 saturated heterocycles. The van der Waals surface area contributed by atoms with E-state index in [4.69, 9.17) is 0 Å². The number of amides is 1. The van der Waals surface area contributed by atoms with E-state index in [1.807, 2.05) is 5.48 Å². The molecule has 0 radical (unpaired) electrons. The summed E-state index contributed by atoms with van der Waals surface area (Å²) in [6.45, 7) is 3.35. The molecule has 1 rings (SSSR count). The molecule has 1 aromatic rings. The van der Waals surface area contributed by atoms with Gasteiger partial charge in [0.05, 0.1) is 6.42 Å². The van der Waals surface area contributed by atoms with Gasteiger partial charge in [0.15, 0.2) is 0 Å². The van der Waals surface area contributed by atoms with Gasteiger partial charge in [-0.25, -0.2) is 14.6 Å². The highest BCUT2D eigenvalue weighted by atomic mass is 16.7. The first-order valence-electron chi connectivity index (χ1n) is 3.83. The second-order valence-corrected chi connectivity index (χ2v) is 2.34. The van der Waals surface area contributed by atoms with E-state index in [2.05, 4.69) is 16.4 Å². The van der Waals surface area contributed by atoms with E-state index in [9.17, 15) is 9.59 Å². The summed E-state index contributed by atoms with van der Waals surface area (Å²) in [7, 11) is 0. The third kappa shape index (κ3) is 2.74. The molecule has 0 unspecified atom stereocenters. The molecule has 0 aromatic carbocycles. The van der Waals surface area contributed by atoms with Crippen molar-refractivity contribution < 1.29 is 14.4 Å². The highest BCUT2D eigenvalue weighted by molar-refractivity contribution is 5.78. The molecule has 0 fully saturated rings.